The first-order valence-electron chi connectivity index (χ1n) is 6.35. The van der Waals surface area contributed by atoms with Crippen LogP contribution in [0.3, 0.4) is 0 Å². The minimum absolute atomic E-state index is 0.0637. The molecule has 1 rings (SSSR count). The zero-order valence-electron chi connectivity index (χ0n) is 12.5. The van der Waals surface area contributed by atoms with Crippen molar-refractivity contribution in [1.82, 2.24) is 5.06 Å². The van der Waals surface area contributed by atoms with Crippen molar-refractivity contribution in [3.05, 3.63) is 0 Å². The fourth-order valence-corrected chi connectivity index (χ4v) is 3.76. The highest BCUT2D eigenvalue weighted by atomic mass is 16.7. The first-order chi connectivity index (χ1) is 7.00. The van der Waals surface area contributed by atoms with Crippen molar-refractivity contribution in [3.63, 3.8) is 0 Å². The molecule has 1 saturated heterocycles. The maximum Gasteiger partial charge on any atom is 0.0575 e. The van der Waals surface area contributed by atoms with Crippen LogP contribution in [0.15, 0.2) is 0 Å². The summed E-state index contributed by atoms with van der Waals surface area (Å²) in [6, 6.07) is 0. The van der Waals surface area contributed by atoms with E-state index in [0.717, 1.165) is 0 Å². The van der Waals surface area contributed by atoms with Crippen LogP contribution in [0.25, 0.3) is 0 Å². The molecule has 16 heavy (non-hydrogen) atoms. The van der Waals surface area contributed by atoms with E-state index < -0.39 is 0 Å². The van der Waals surface area contributed by atoms with Gasteiger partial charge in [-0.1, -0.05) is 27.7 Å². The summed E-state index contributed by atoms with van der Waals surface area (Å²) in [5, 5.41) is 2.20. The molecule has 96 valence electrons. The van der Waals surface area contributed by atoms with Crippen LogP contribution in [0.2, 0.25) is 0 Å². The van der Waals surface area contributed by atoms with E-state index in [1.54, 1.807) is 7.11 Å². The number of hydrogen-bond acceptors (Lipinski definition) is 2. The summed E-state index contributed by atoms with van der Waals surface area (Å²) in [5.74, 6) is 1.17. The van der Waals surface area contributed by atoms with Gasteiger partial charge in [0, 0.05) is 11.1 Å². The third kappa shape index (κ3) is 1.62. The van der Waals surface area contributed by atoms with Crippen molar-refractivity contribution in [2.45, 2.75) is 66.5 Å². The van der Waals surface area contributed by atoms with Gasteiger partial charge in [0.2, 0.25) is 0 Å². The van der Waals surface area contributed by atoms with E-state index in [4.69, 9.17) is 4.84 Å². The van der Waals surface area contributed by atoms with Gasteiger partial charge in [0.05, 0.1) is 7.11 Å². The summed E-state index contributed by atoms with van der Waals surface area (Å²) >= 11 is 0. The van der Waals surface area contributed by atoms with Gasteiger partial charge in [-0.05, 0) is 44.9 Å². The summed E-state index contributed by atoms with van der Waals surface area (Å²) in [7, 11) is 1.79. The highest BCUT2D eigenvalue weighted by Gasteiger charge is 2.57. The van der Waals surface area contributed by atoms with Gasteiger partial charge >= 0.3 is 0 Å². The lowest BCUT2D eigenvalue weighted by Gasteiger charge is -2.63. The fourth-order valence-electron chi connectivity index (χ4n) is 3.76. The largest absolute Gasteiger partial charge is 0.301 e. The lowest BCUT2D eigenvalue weighted by Crippen LogP contribution is -2.69. The Balaban J connectivity index is 3.27. The van der Waals surface area contributed by atoms with Gasteiger partial charge in [-0.15, -0.1) is 0 Å². The second-order valence-corrected chi connectivity index (χ2v) is 7.05. The van der Waals surface area contributed by atoms with E-state index in [-0.39, 0.29) is 11.1 Å². The molecule has 0 amide bonds. The van der Waals surface area contributed by atoms with Gasteiger partial charge in [0.1, 0.15) is 0 Å². The fraction of sp³-hybridized carbons (Fsp3) is 1.00. The molecular formula is C14H29NO. The monoisotopic (exact) mass is 227 g/mol. The Morgan fingerprint density at radius 2 is 1.12 bits per heavy atom. The summed E-state index contributed by atoms with van der Waals surface area (Å²) in [4.78, 5) is 5.69. The number of hydrogen-bond donors (Lipinski definition) is 0. The van der Waals surface area contributed by atoms with Crippen LogP contribution in [0, 0.1) is 17.3 Å². The summed E-state index contributed by atoms with van der Waals surface area (Å²) in [6.45, 7) is 18.6. The van der Waals surface area contributed by atoms with Crippen LogP contribution in [0.5, 0.6) is 0 Å². The van der Waals surface area contributed by atoms with Crippen molar-refractivity contribution in [2.24, 2.45) is 17.3 Å². The molecule has 0 saturated carbocycles. The molecule has 0 bridgehead atoms. The first-order valence-corrected chi connectivity index (χ1v) is 6.35. The van der Waals surface area contributed by atoms with Gasteiger partial charge in [-0.25, -0.2) is 0 Å². The predicted molar refractivity (Wildman–Crippen MR) is 69.1 cm³/mol. The quantitative estimate of drug-likeness (QED) is 0.677. The lowest BCUT2D eigenvalue weighted by atomic mass is 9.55. The number of nitrogens with zero attached hydrogens (tertiary/aromatic N) is 1. The van der Waals surface area contributed by atoms with E-state index >= 15 is 0 Å². The smallest absolute Gasteiger partial charge is 0.0575 e. The van der Waals surface area contributed by atoms with Crippen molar-refractivity contribution in [3.8, 4) is 0 Å². The van der Waals surface area contributed by atoms with Gasteiger partial charge in [0.15, 0.2) is 0 Å². The number of rotatable bonds is 1. The molecule has 2 atom stereocenters. The van der Waals surface area contributed by atoms with Crippen molar-refractivity contribution in [2.75, 3.05) is 7.11 Å². The molecular weight excluding hydrogens is 198 g/mol. The van der Waals surface area contributed by atoms with E-state index in [9.17, 15) is 0 Å². The second kappa shape index (κ2) is 3.71. The second-order valence-electron chi connectivity index (χ2n) is 7.05. The molecule has 0 aliphatic carbocycles. The standard InChI is InChI=1S/C14H29NO/c1-10-12(3,4)11(2)14(7,8)15(16-9)13(10,5)6/h10-11H,1-9H3. The SMILES string of the molecule is CON1C(C)(C)C(C)C(C)(C)C(C)C1(C)C. The van der Waals surface area contributed by atoms with Crippen LogP contribution >= 0.6 is 0 Å². The third-order valence-electron chi connectivity index (χ3n) is 5.58. The average Bonchev–Trinajstić information content (AvgIpc) is 2.13. The third-order valence-corrected chi connectivity index (χ3v) is 5.58. The Morgan fingerprint density at radius 3 is 1.38 bits per heavy atom. The van der Waals surface area contributed by atoms with Crippen LogP contribution in [-0.4, -0.2) is 23.3 Å². The Bertz CT molecular complexity index is 244. The molecule has 1 aliphatic rings. The molecule has 0 N–H and O–H groups in total. The molecule has 0 spiro atoms. The maximum atomic E-state index is 5.69. The van der Waals surface area contributed by atoms with Crippen LogP contribution in [-0.2, 0) is 4.84 Å². The van der Waals surface area contributed by atoms with Crippen molar-refractivity contribution >= 4 is 0 Å². The van der Waals surface area contributed by atoms with Gasteiger partial charge in [-0.3, -0.25) is 0 Å². The summed E-state index contributed by atoms with van der Waals surface area (Å²) in [5.41, 5.74) is 0.449. The summed E-state index contributed by atoms with van der Waals surface area (Å²) in [6.07, 6.45) is 0. The van der Waals surface area contributed by atoms with Crippen molar-refractivity contribution < 1.29 is 4.84 Å². The Labute approximate surface area is 101 Å². The molecule has 2 unspecified atom stereocenters. The van der Waals surface area contributed by atoms with Gasteiger partial charge in [-0.2, -0.15) is 5.06 Å². The molecule has 0 aromatic rings. The molecule has 2 nitrogen and oxygen atoms in total. The topological polar surface area (TPSA) is 12.5 Å². The zero-order valence-corrected chi connectivity index (χ0v) is 12.5. The Hall–Kier alpha value is -0.0800. The van der Waals surface area contributed by atoms with E-state index in [1.807, 2.05) is 0 Å². The Kier molecular flexibility index (Phi) is 3.24. The number of piperidine rings is 1. The average molecular weight is 227 g/mol. The highest BCUT2D eigenvalue weighted by Crippen LogP contribution is 2.54. The molecule has 1 aliphatic heterocycles. The van der Waals surface area contributed by atoms with Gasteiger partial charge in [0.25, 0.3) is 0 Å². The minimum atomic E-state index is 0.0637. The molecule has 1 heterocycles. The first kappa shape index (κ1) is 14.0. The molecule has 0 aromatic heterocycles. The van der Waals surface area contributed by atoms with E-state index in [2.05, 4.69) is 60.5 Å². The van der Waals surface area contributed by atoms with E-state index in [1.165, 1.54) is 0 Å². The molecule has 0 aromatic carbocycles. The van der Waals surface area contributed by atoms with E-state index in [0.29, 0.717) is 17.3 Å². The molecule has 1 fully saturated rings. The maximum absolute atomic E-state index is 5.69. The summed E-state index contributed by atoms with van der Waals surface area (Å²) < 4.78 is 0. The van der Waals surface area contributed by atoms with Gasteiger partial charge < -0.3 is 4.84 Å². The van der Waals surface area contributed by atoms with Crippen LogP contribution in [0.4, 0.5) is 0 Å². The molecule has 2 heteroatoms. The minimum Gasteiger partial charge on any atom is -0.301 e. The normalized spacial score (nSPS) is 37.3. The predicted octanol–water partition coefficient (Wildman–Crippen LogP) is 3.72. The number of hydroxylamine groups is 2. The van der Waals surface area contributed by atoms with Crippen LogP contribution in [0.1, 0.15) is 55.4 Å². The van der Waals surface area contributed by atoms with Crippen LogP contribution < -0.4 is 0 Å². The zero-order chi connectivity index (χ0) is 12.9. The lowest BCUT2D eigenvalue weighted by molar-refractivity contribution is -0.315. The Morgan fingerprint density at radius 1 is 0.812 bits per heavy atom. The van der Waals surface area contributed by atoms with Crippen molar-refractivity contribution in [1.29, 1.82) is 0 Å². The molecule has 0 radical (unpaired) electrons. The highest BCUT2D eigenvalue weighted by molar-refractivity contribution is 5.07.